The molecule has 2 heterocycles. The van der Waals surface area contributed by atoms with Gasteiger partial charge in [-0.2, -0.15) is 0 Å². The second-order valence-corrected chi connectivity index (χ2v) is 13.4. The van der Waals surface area contributed by atoms with E-state index in [1.165, 1.54) is 0 Å². The summed E-state index contributed by atoms with van der Waals surface area (Å²) in [6, 6.07) is 0. The highest BCUT2D eigenvalue weighted by Gasteiger charge is 2.40. The maximum atomic E-state index is 12.2. The van der Waals surface area contributed by atoms with Crippen LogP contribution in [0.1, 0.15) is 89.9 Å². The van der Waals surface area contributed by atoms with Crippen molar-refractivity contribution in [1.82, 2.24) is 10.6 Å². The first-order valence-electron chi connectivity index (χ1n) is 19.8. The van der Waals surface area contributed by atoms with Gasteiger partial charge >= 0.3 is 5.97 Å². The van der Waals surface area contributed by atoms with Crippen molar-refractivity contribution in [2.45, 2.75) is 114 Å². The van der Waals surface area contributed by atoms with Crippen molar-refractivity contribution in [2.75, 3.05) is 53.6 Å². The molecule has 0 spiro atoms. The number of aldehydes is 1. The van der Waals surface area contributed by atoms with E-state index in [2.05, 4.69) is 71.4 Å². The summed E-state index contributed by atoms with van der Waals surface area (Å²) in [6.45, 7) is 3.24. The Balaban J connectivity index is 1.66. The first-order valence-corrected chi connectivity index (χ1v) is 19.8. The van der Waals surface area contributed by atoms with Crippen LogP contribution in [0.2, 0.25) is 0 Å². The van der Waals surface area contributed by atoms with Crippen LogP contribution in [0.25, 0.3) is 0 Å². The van der Waals surface area contributed by atoms with Crippen LogP contribution in [0.15, 0.2) is 97.2 Å². The van der Waals surface area contributed by atoms with E-state index < -0.39 is 11.6 Å². The van der Waals surface area contributed by atoms with Crippen LogP contribution in [-0.4, -0.2) is 94.8 Å². The van der Waals surface area contributed by atoms with E-state index in [0.29, 0.717) is 58.2 Å². The van der Waals surface area contributed by atoms with E-state index in [9.17, 15) is 9.59 Å². The van der Waals surface area contributed by atoms with E-state index in [4.69, 9.17) is 28.8 Å². The van der Waals surface area contributed by atoms with Gasteiger partial charge < -0.3 is 44.2 Å². The first-order chi connectivity index (χ1) is 26.5. The molecule has 0 aromatic heterocycles. The molecule has 0 amide bonds. The minimum Gasteiger partial charge on any atom is -0.461 e. The number of hydrogen-bond donors (Lipinski definition) is 3. The molecule has 0 aromatic rings. The van der Waals surface area contributed by atoms with Crippen LogP contribution in [-0.2, 0) is 33.3 Å². The van der Waals surface area contributed by atoms with Gasteiger partial charge in [0.2, 0.25) is 0 Å². The minimum absolute atomic E-state index is 0.0507. The molecule has 0 radical (unpaired) electrons. The molecule has 2 fully saturated rings. The zero-order valence-electron chi connectivity index (χ0n) is 32.9. The lowest BCUT2D eigenvalue weighted by Gasteiger charge is -2.26. The molecule has 10 heteroatoms. The fraction of sp³-hybridized carbons (Fsp3) is 0.591. The quantitative estimate of drug-likeness (QED) is 0.0288. The van der Waals surface area contributed by atoms with Crippen molar-refractivity contribution >= 4 is 12.3 Å². The number of rotatable bonds is 31. The van der Waals surface area contributed by atoms with Gasteiger partial charge in [0.1, 0.15) is 12.9 Å². The standard InChI is InChI=1S/C44H68N2O8/c1-45-33-27-40-38-51-43(53-40,29-19-11-5-3-7-15-23-35-47)30-20-12-6-4-10-18-26-42(49)50-37-25-17-9-14-22-32-44(31-21-13-8-16-24-36-48)52-39-41(54-44)28-34-46-2/h3-4,7,10-14,16-17,19-22,24-25,35,40-41,45-46,48H,5-6,8-9,15,18,23,26-34,36-39H2,1-2H3/b7-3+,10-4+,19-11+,20-12+,21-13+,22-14+,24-16+,25-17+. The highest BCUT2D eigenvalue weighted by atomic mass is 16.7. The van der Waals surface area contributed by atoms with Crippen LogP contribution in [0.4, 0.5) is 0 Å². The van der Waals surface area contributed by atoms with Gasteiger partial charge in [0.15, 0.2) is 11.6 Å². The largest absolute Gasteiger partial charge is 0.461 e. The monoisotopic (exact) mass is 752 g/mol. The zero-order chi connectivity index (χ0) is 38.8. The third-order valence-electron chi connectivity index (χ3n) is 8.81. The van der Waals surface area contributed by atoms with E-state index in [1.807, 2.05) is 44.5 Å². The molecule has 0 aromatic carbocycles. The maximum Gasteiger partial charge on any atom is 0.306 e. The Morgan fingerprint density at radius 2 is 1.07 bits per heavy atom. The molecule has 4 atom stereocenters. The number of unbranched alkanes of at least 4 members (excludes halogenated alkanes) is 1. The van der Waals surface area contributed by atoms with Crippen molar-refractivity contribution in [3.8, 4) is 0 Å². The predicted octanol–water partition coefficient (Wildman–Crippen LogP) is 7.29. The van der Waals surface area contributed by atoms with Crippen LogP contribution >= 0.6 is 0 Å². The van der Waals surface area contributed by atoms with Crippen molar-refractivity contribution in [1.29, 1.82) is 0 Å². The third-order valence-corrected chi connectivity index (χ3v) is 8.81. The second-order valence-electron chi connectivity index (χ2n) is 13.4. The smallest absolute Gasteiger partial charge is 0.306 e. The van der Waals surface area contributed by atoms with E-state index in [1.54, 1.807) is 6.08 Å². The molecule has 302 valence electrons. The summed E-state index contributed by atoms with van der Waals surface area (Å²) in [4.78, 5) is 22.6. The highest BCUT2D eigenvalue weighted by molar-refractivity contribution is 5.69. The Bertz CT molecular complexity index is 1240. The normalized spacial score (nSPS) is 23.8. The van der Waals surface area contributed by atoms with Crippen LogP contribution in [0.5, 0.6) is 0 Å². The van der Waals surface area contributed by atoms with Gasteiger partial charge in [0.25, 0.3) is 0 Å². The highest BCUT2D eigenvalue weighted by Crippen LogP contribution is 2.34. The average molecular weight is 753 g/mol. The van der Waals surface area contributed by atoms with Crippen LogP contribution < -0.4 is 10.6 Å². The summed E-state index contributed by atoms with van der Waals surface area (Å²) in [5.41, 5.74) is 0. The molecule has 2 aliphatic rings. The van der Waals surface area contributed by atoms with E-state index >= 15 is 0 Å². The molecule has 0 saturated carbocycles. The minimum atomic E-state index is -0.663. The fourth-order valence-electron chi connectivity index (χ4n) is 5.82. The molecular weight excluding hydrogens is 684 g/mol. The summed E-state index contributed by atoms with van der Waals surface area (Å²) in [5.74, 6) is -1.53. The van der Waals surface area contributed by atoms with E-state index in [-0.39, 0.29) is 31.4 Å². The van der Waals surface area contributed by atoms with Crippen molar-refractivity contribution in [3.63, 3.8) is 0 Å². The second kappa shape index (κ2) is 31.0. The Hall–Kier alpha value is -3.22. The Morgan fingerprint density at radius 1 is 0.630 bits per heavy atom. The topological polar surface area (TPSA) is 125 Å². The molecule has 4 unspecified atom stereocenters. The van der Waals surface area contributed by atoms with Crippen molar-refractivity contribution in [3.05, 3.63) is 97.2 Å². The summed E-state index contributed by atoms with van der Waals surface area (Å²) in [6.07, 6.45) is 43.4. The summed E-state index contributed by atoms with van der Waals surface area (Å²) in [5, 5.41) is 15.2. The molecule has 10 nitrogen and oxygen atoms in total. The molecule has 2 rings (SSSR count). The Labute approximate surface area is 325 Å². The number of carbonyl (C=O) groups is 2. The van der Waals surface area contributed by atoms with Crippen LogP contribution in [0, 0.1) is 0 Å². The van der Waals surface area contributed by atoms with Gasteiger partial charge in [-0.15, -0.1) is 0 Å². The number of aliphatic hydroxyl groups excluding tert-OH is 1. The van der Waals surface area contributed by atoms with Gasteiger partial charge in [-0.05, 0) is 78.6 Å². The molecule has 0 bridgehead atoms. The van der Waals surface area contributed by atoms with Gasteiger partial charge in [0, 0.05) is 38.5 Å². The Morgan fingerprint density at radius 3 is 1.54 bits per heavy atom. The number of ether oxygens (including phenoxy) is 5. The molecule has 3 N–H and O–H groups in total. The van der Waals surface area contributed by atoms with Crippen LogP contribution in [0.3, 0.4) is 0 Å². The lowest BCUT2D eigenvalue weighted by molar-refractivity contribution is -0.163. The van der Waals surface area contributed by atoms with Gasteiger partial charge in [0.05, 0.1) is 32.0 Å². The fourth-order valence-corrected chi connectivity index (χ4v) is 5.82. The zero-order valence-corrected chi connectivity index (χ0v) is 32.9. The SMILES string of the molecule is CNCCC1COC(C/C=C/C/C=C/CCC=O)(C/C=C/C/C=C/CCC(=O)OC/C=C/C/C=C/CC2(C/C=C/C/C=C/CO)OCC(CCNC)O2)O1. The summed E-state index contributed by atoms with van der Waals surface area (Å²) >= 11 is 0. The van der Waals surface area contributed by atoms with Crippen molar-refractivity contribution < 1.29 is 38.4 Å². The Kier molecular flexibility index (Phi) is 27.0. The molecule has 0 aliphatic carbocycles. The molecule has 2 aliphatic heterocycles. The number of aliphatic hydroxyl groups is 1. The molecule has 54 heavy (non-hydrogen) atoms. The van der Waals surface area contributed by atoms with E-state index in [0.717, 1.165) is 64.3 Å². The van der Waals surface area contributed by atoms with Gasteiger partial charge in [-0.25, -0.2) is 0 Å². The number of hydrogen-bond acceptors (Lipinski definition) is 10. The molecule has 2 saturated heterocycles. The lowest BCUT2D eigenvalue weighted by Crippen LogP contribution is -2.30. The summed E-state index contributed by atoms with van der Waals surface area (Å²) < 4.78 is 30.5. The lowest BCUT2D eigenvalue weighted by atomic mass is 10.1. The number of nitrogens with one attached hydrogen (secondary N) is 2. The van der Waals surface area contributed by atoms with Gasteiger partial charge in [-0.1, -0.05) is 97.2 Å². The van der Waals surface area contributed by atoms with Gasteiger partial charge in [-0.3, -0.25) is 4.79 Å². The average Bonchev–Trinajstić information content (AvgIpc) is 3.78. The molecular formula is C44H68N2O8. The third kappa shape index (κ3) is 22.2. The van der Waals surface area contributed by atoms with Crippen molar-refractivity contribution in [2.24, 2.45) is 0 Å². The number of esters is 1. The first kappa shape index (κ1) is 46.9. The predicted molar refractivity (Wildman–Crippen MR) is 217 cm³/mol. The number of allylic oxidation sites excluding steroid dienone is 10. The number of carbonyl (C=O) groups excluding carboxylic acids is 2. The summed E-state index contributed by atoms with van der Waals surface area (Å²) in [7, 11) is 3.88. The maximum absolute atomic E-state index is 12.2.